The van der Waals surface area contributed by atoms with Crippen LogP contribution in [0.3, 0.4) is 0 Å². The molecule has 154 valence electrons. The summed E-state index contributed by atoms with van der Waals surface area (Å²) in [5.74, 6) is 0.312. The molecule has 0 bridgehead atoms. The van der Waals surface area contributed by atoms with Crippen LogP contribution in [0, 0.1) is 0 Å². The number of nitrogens with zero attached hydrogens (tertiary/aromatic N) is 3. The third kappa shape index (κ3) is 4.73. The lowest BCUT2D eigenvalue weighted by atomic mass is 10.1. The van der Waals surface area contributed by atoms with Gasteiger partial charge in [0, 0.05) is 12.8 Å². The molecule has 2 atom stereocenters. The molecule has 0 saturated carbocycles. The van der Waals surface area contributed by atoms with Crippen LogP contribution in [0.4, 0.5) is 4.79 Å². The van der Waals surface area contributed by atoms with Gasteiger partial charge >= 0.3 is 6.09 Å². The Morgan fingerprint density at radius 2 is 2.14 bits per heavy atom. The highest BCUT2D eigenvalue weighted by Gasteiger charge is 2.31. The fourth-order valence-corrected chi connectivity index (χ4v) is 3.49. The van der Waals surface area contributed by atoms with Crippen molar-refractivity contribution in [2.24, 2.45) is 0 Å². The van der Waals surface area contributed by atoms with Gasteiger partial charge in [-0.05, 0) is 56.7 Å². The van der Waals surface area contributed by atoms with Crippen molar-refractivity contribution in [1.29, 1.82) is 0 Å². The normalized spacial score (nSPS) is 21.7. The predicted molar refractivity (Wildman–Crippen MR) is 102 cm³/mol. The van der Waals surface area contributed by atoms with Crippen molar-refractivity contribution in [1.82, 2.24) is 20.1 Å². The maximum atomic E-state index is 11.4. The van der Waals surface area contributed by atoms with Gasteiger partial charge in [0.15, 0.2) is 12.3 Å². The molecule has 0 radical (unpaired) electrons. The van der Waals surface area contributed by atoms with E-state index in [-0.39, 0.29) is 12.1 Å². The summed E-state index contributed by atoms with van der Waals surface area (Å²) in [5, 5.41) is 6.53. The van der Waals surface area contributed by atoms with Gasteiger partial charge < -0.3 is 14.2 Å². The van der Waals surface area contributed by atoms with Crippen LogP contribution in [0.5, 0.6) is 5.75 Å². The summed E-state index contributed by atoms with van der Waals surface area (Å²) in [5.41, 5.74) is 1.74. The highest BCUT2D eigenvalue weighted by molar-refractivity contribution is 5.99. The topological polar surface area (TPSA) is 105 Å². The maximum absolute atomic E-state index is 11.4. The minimum atomic E-state index is -0.679. The SMILES string of the molecule is O=C1NC(=O)C(CCCCOc2ccc(-c3ccnn3C3CCCCO3)nc2)O1. The number of alkyl carbamates (subject to hydrolysis) is 1. The molecule has 0 spiro atoms. The predicted octanol–water partition coefficient (Wildman–Crippen LogP) is 2.83. The number of rotatable bonds is 8. The summed E-state index contributed by atoms with van der Waals surface area (Å²) in [6.07, 6.45) is 7.22. The van der Waals surface area contributed by atoms with E-state index >= 15 is 0 Å². The zero-order valence-corrected chi connectivity index (χ0v) is 16.1. The van der Waals surface area contributed by atoms with Crippen molar-refractivity contribution >= 4 is 12.0 Å². The first-order chi connectivity index (χ1) is 14.2. The summed E-state index contributed by atoms with van der Waals surface area (Å²) < 4.78 is 18.3. The average Bonchev–Trinajstić information content (AvgIpc) is 3.35. The smallest absolute Gasteiger partial charge is 0.414 e. The number of carbonyl (C=O) groups is 2. The fraction of sp³-hybridized carbons (Fsp3) is 0.500. The molecule has 0 aliphatic carbocycles. The Hall–Kier alpha value is -2.94. The Morgan fingerprint density at radius 3 is 2.86 bits per heavy atom. The highest BCUT2D eigenvalue weighted by Crippen LogP contribution is 2.28. The van der Waals surface area contributed by atoms with Crippen molar-refractivity contribution in [3.8, 4) is 17.1 Å². The number of ether oxygens (including phenoxy) is 3. The Bertz CT molecular complexity index is 845. The van der Waals surface area contributed by atoms with Gasteiger partial charge in [0.1, 0.15) is 5.75 Å². The summed E-state index contributed by atoms with van der Waals surface area (Å²) in [7, 11) is 0. The number of carbonyl (C=O) groups excluding carboxylic acids is 2. The second-order valence-electron chi connectivity index (χ2n) is 7.09. The number of hydrogen-bond acceptors (Lipinski definition) is 7. The van der Waals surface area contributed by atoms with Crippen LogP contribution in [-0.2, 0) is 14.3 Å². The first-order valence-electron chi connectivity index (χ1n) is 9.96. The lowest BCUT2D eigenvalue weighted by Crippen LogP contribution is -2.24. The Morgan fingerprint density at radius 1 is 1.21 bits per heavy atom. The molecule has 2 amide bonds. The molecule has 29 heavy (non-hydrogen) atoms. The van der Waals surface area contributed by atoms with Crippen molar-refractivity contribution in [2.45, 2.75) is 50.9 Å². The minimum absolute atomic E-state index is 0.0345. The van der Waals surface area contributed by atoms with Gasteiger partial charge in [-0.15, -0.1) is 0 Å². The van der Waals surface area contributed by atoms with Crippen LogP contribution in [0.25, 0.3) is 11.4 Å². The number of pyridine rings is 1. The van der Waals surface area contributed by atoms with E-state index in [2.05, 4.69) is 15.4 Å². The van der Waals surface area contributed by atoms with Gasteiger partial charge in [0.05, 0.1) is 24.2 Å². The van der Waals surface area contributed by atoms with E-state index in [1.807, 2.05) is 22.9 Å². The minimum Gasteiger partial charge on any atom is -0.492 e. The van der Waals surface area contributed by atoms with Crippen molar-refractivity contribution in [2.75, 3.05) is 13.2 Å². The van der Waals surface area contributed by atoms with E-state index in [9.17, 15) is 9.59 Å². The number of amides is 2. The van der Waals surface area contributed by atoms with Gasteiger partial charge in [-0.25, -0.2) is 9.48 Å². The van der Waals surface area contributed by atoms with Crippen LogP contribution >= 0.6 is 0 Å². The van der Waals surface area contributed by atoms with Crippen molar-refractivity contribution in [3.63, 3.8) is 0 Å². The quantitative estimate of drug-likeness (QED) is 0.679. The molecule has 9 heteroatoms. The van der Waals surface area contributed by atoms with Crippen molar-refractivity contribution in [3.05, 3.63) is 30.6 Å². The van der Waals surface area contributed by atoms with Gasteiger partial charge in [-0.1, -0.05) is 0 Å². The summed E-state index contributed by atoms with van der Waals surface area (Å²) in [4.78, 5) is 26.9. The summed E-state index contributed by atoms with van der Waals surface area (Å²) >= 11 is 0. The van der Waals surface area contributed by atoms with Gasteiger partial charge in [0.25, 0.3) is 5.91 Å². The molecule has 2 saturated heterocycles. The highest BCUT2D eigenvalue weighted by atomic mass is 16.6. The molecule has 2 aliphatic rings. The first kappa shape index (κ1) is 19.4. The molecule has 2 aliphatic heterocycles. The summed E-state index contributed by atoms with van der Waals surface area (Å²) in [6, 6.07) is 5.73. The first-order valence-corrected chi connectivity index (χ1v) is 9.96. The second-order valence-corrected chi connectivity index (χ2v) is 7.09. The molecule has 4 heterocycles. The number of unbranched alkanes of at least 4 members (excludes halogenated alkanes) is 1. The Kier molecular flexibility index (Phi) is 6.04. The molecule has 4 rings (SSSR count). The number of cyclic esters (lactones) is 1. The van der Waals surface area contributed by atoms with E-state index < -0.39 is 12.2 Å². The Labute approximate surface area is 168 Å². The standard InChI is InChI=1S/C20H24N4O5/c25-19-17(29-20(26)23-19)5-1-3-11-27-14-7-8-15(21-13-14)16-9-10-22-24(16)18-6-2-4-12-28-18/h7-10,13,17-18H,1-6,11-12H2,(H,23,25,26). The van der Waals surface area contributed by atoms with Gasteiger partial charge in [0.2, 0.25) is 0 Å². The third-order valence-electron chi connectivity index (χ3n) is 4.99. The van der Waals surface area contributed by atoms with Crippen LogP contribution in [-0.4, -0.2) is 46.1 Å². The van der Waals surface area contributed by atoms with Crippen molar-refractivity contribution < 1.29 is 23.8 Å². The molecule has 2 fully saturated rings. The van der Waals surface area contributed by atoms with E-state index in [4.69, 9.17) is 14.2 Å². The number of aromatic nitrogens is 3. The van der Waals surface area contributed by atoms with E-state index in [1.165, 1.54) is 0 Å². The molecule has 2 unspecified atom stereocenters. The summed E-state index contributed by atoms with van der Waals surface area (Å²) in [6.45, 7) is 1.26. The van der Waals surface area contributed by atoms with Gasteiger partial charge in [-0.3, -0.25) is 15.1 Å². The number of nitrogens with one attached hydrogen (secondary N) is 1. The van der Waals surface area contributed by atoms with E-state index in [0.29, 0.717) is 18.8 Å². The molecule has 0 aromatic carbocycles. The molecule has 2 aromatic heterocycles. The fourth-order valence-electron chi connectivity index (χ4n) is 3.49. The van der Waals surface area contributed by atoms with Gasteiger partial charge in [-0.2, -0.15) is 5.10 Å². The average molecular weight is 400 g/mol. The van der Waals surface area contributed by atoms with Crippen LogP contribution in [0.15, 0.2) is 30.6 Å². The lowest BCUT2D eigenvalue weighted by molar-refractivity contribution is -0.123. The zero-order valence-electron chi connectivity index (χ0n) is 16.1. The largest absolute Gasteiger partial charge is 0.492 e. The molecule has 1 N–H and O–H groups in total. The number of imide groups is 1. The van der Waals surface area contributed by atoms with Crippen LogP contribution < -0.4 is 10.1 Å². The van der Waals surface area contributed by atoms with E-state index in [1.54, 1.807) is 12.4 Å². The molecule has 9 nitrogen and oxygen atoms in total. The number of hydrogen-bond donors (Lipinski definition) is 1. The molecular formula is C20H24N4O5. The van der Waals surface area contributed by atoms with E-state index in [0.717, 1.165) is 50.1 Å². The Balaban J connectivity index is 1.25. The van der Waals surface area contributed by atoms with Crippen LogP contribution in [0.2, 0.25) is 0 Å². The third-order valence-corrected chi connectivity index (χ3v) is 4.99. The molecule has 2 aromatic rings. The molecular weight excluding hydrogens is 376 g/mol. The second kappa shape index (κ2) is 9.04. The monoisotopic (exact) mass is 400 g/mol. The maximum Gasteiger partial charge on any atom is 0.414 e. The lowest BCUT2D eigenvalue weighted by Gasteiger charge is -2.24. The van der Waals surface area contributed by atoms with Crippen LogP contribution in [0.1, 0.15) is 44.8 Å². The zero-order chi connectivity index (χ0) is 20.1.